The van der Waals surface area contributed by atoms with E-state index in [1.165, 1.54) is 10.4 Å². The molecule has 0 radical (unpaired) electrons. The Hall–Kier alpha value is -0.890. The minimum Gasteiger partial charge on any atom is -0.398 e. The van der Waals surface area contributed by atoms with Crippen LogP contribution in [-0.4, -0.2) is 19.8 Å². The Morgan fingerprint density at radius 3 is 2.61 bits per heavy atom. The number of hydrogen-bond acceptors (Lipinski definition) is 5. The second-order valence-corrected chi connectivity index (χ2v) is 8.17. The fourth-order valence-corrected chi connectivity index (χ4v) is 4.94. The van der Waals surface area contributed by atoms with Crippen molar-refractivity contribution in [2.45, 2.75) is 17.7 Å². The van der Waals surface area contributed by atoms with Crippen molar-refractivity contribution in [2.75, 3.05) is 12.8 Å². The molecule has 0 aliphatic carbocycles. The molecule has 18 heavy (non-hydrogen) atoms. The zero-order valence-corrected chi connectivity index (χ0v) is 12.5. The molecule has 0 atom stereocenters. The zero-order chi connectivity index (χ0) is 13.3. The van der Waals surface area contributed by atoms with Crippen molar-refractivity contribution in [3.8, 4) is 0 Å². The van der Waals surface area contributed by atoms with Crippen molar-refractivity contribution in [2.24, 2.45) is 0 Å². The summed E-state index contributed by atoms with van der Waals surface area (Å²) in [5.41, 5.74) is 7.17. The molecular weight excluding hydrogens is 288 g/mol. The van der Waals surface area contributed by atoms with E-state index in [1.54, 1.807) is 23.8 Å². The molecule has 98 valence electrons. The molecule has 2 aromatic heterocycles. The van der Waals surface area contributed by atoms with E-state index in [4.69, 9.17) is 5.73 Å². The minimum atomic E-state index is -3.43. The lowest BCUT2D eigenvalue weighted by atomic mass is 10.3. The van der Waals surface area contributed by atoms with Crippen LogP contribution in [0.1, 0.15) is 10.4 Å². The van der Waals surface area contributed by atoms with Crippen molar-refractivity contribution in [1.29, 1.82) is 0 Å². The number of aryl methyl sites for hydroxylation is 1. The third-order valence-corrected chi connectivity index (χ3v) is 6.84. The number of hydrogen-bond donors (Lipinski definition) is 1. The molecule has 0 bridgehead atoms. The van der Waals surface area contributed by atoms with Crippen LogP contribution < -0.4 is 5.73 Å². The van der Waals surface area contributed by atoms with E-state index in [1.807, 2.05) is 18.4 Å². The summed E-state index contributed by atoms with van der Waals surface area (Å²) in [5, 5.41) is 3.60. The van der Waals surface area contributed by atoms with Crippen molar-refractivity contribution in [3.05, 3.63) is 33.3 Å². The molecule has 0 aliphatic rings. The molecule has 0 fully saturated rings. The van der Waals surface area contributed by atoms with Crippen LogP contribution in [0.4, 0.5) is 5.69 Å². The highest BCUT2D eigenvalue weighted by atomic mass is 32.2. The van der Waals surface area contributed by atoms with Gasteiger partial charge in [0.1, 0.15) is 4.21 Å². The first-order valence-electron chi connectivity index (χ1n) is 5.24. The summed E-state index contributed by atoms with van der Waals surface area (Å²) in [6.45, 7) is 2.37. The lowest BCUT2D eigenvalue weighted by Crippen LogP contribution is -2.25. The number of nitrogens with two attached hydrogens (primary N) is 1. The van der Waals surface area contributed by atoms with E-state index in [0.717, 1.165) is 21.8 Å². The average molecular weight is 302 g/mol. The van der Waals surface area contributed by atoms with Crippen LogP contribution >= 0.6 is 22.7 Å². The van der Waals surface area contributed by atoms with E-state index in [9.17, 15) is 8.42 Å². The molecule has 2 heterocycles. The standard InChI is InChI=1S/C11H14N2O2S3/c1-8-3-4-16-10(8)6-13(2)18(14,15)11-5-9(12)7-17-11/h3-5,7H,6,12H2,1-2H3. The molecule has 2 rings (SSSR count). The molecule has 0 aromatic carbocycles. The molecule has 0 aliphatic heterocycles. The fourth-order valence-electron chi connectivity index (χ4n) is 1.47. The van der Waals surface area contributed by atoms with E-state index < -0.39 is 10.0 Å². The summed E-state index contributed by atoms with van der Waals surface area (Å²) < 4.78 is 26.2. The quantitative estimate of drug-likeness (QED) is 0.944. The Labute approximate surface area is 115 Å². The highest BCUT2D eigenvalue weighted by Crippen LogP contribution is 2.26. The number of nitrogen functional groups attached to an aromatic ring is 1. The van der Waals surface area contributed by atoms with Gasteiger partial charge in [-0.05, 0) is 30.0 Å². The average Bonchev–Trinajstić information content (AvgIpc) is 2.89. The molecule has 0 unspecified atom stereocenters. The van der Waals surface area contributed by atoms with Gasteiger partial charge in [0, 0.05) is 29.5 Å². The molecule has 0 saturated heterocycles. The summed E-state index contributed by atoms with van der Waals surface area (Å²) in [6, 6.07) is 3.49. The number of anilines is 1. The SMILES string of the molecule is Cc1ccsc1CN(C)S(=O)(=O)c1cc(N)cs1. The highest BCUT2D eigenvalue weighted by Gasteiger charge is 2.23. The third kappa shape index (κ3) is 2.59. The summed E-state index contributed by atoms with van der Waals surface area (Å²) in [5.74, 6) is 0. The van der Waals surface area contributed by atoms with Crippen LogP contribution in [0.3, 0.4) is 0 Å². The van der Waals surface area contributed by atoms with Crippen molar-refractivity contribution >= 4 is 38.4 Å². The van der Waals surface area contributed by atoms with Gasteiger partial charge in [0.2, 0.25) is 0 Å². The van der Waals surface area contributed by atoms with Gasteiger partial charge in [-0.15, -0.1) is 22.7 Å². The maximum Gasteiger partial charge on any atom is 0.252 e. The maximum atomic E-state index is 12.3. The molecule has 2 N–H and O–H groups in total. The van der Waals surface area contributed by atoms with Crippen molar-refractivity contribution < 1.29 is 8.42 Å². The Balaban J connectivity index is 2.23. The Morgan fingerprint density at radius 2 is 2.11 bits per heavy atom. The molecule has 2 aromatic rings. The van der Waals surface area contributed by atoms with Crippen molar-refractivity contribution in [3.63, 3.8) is 0 Å². The van der Waals surface area contributed by atoms with Gasteiger partial charge in [0.15, 0.2) is 0 Å². The van der Waals surface area contributed by atoms with Crippen LogP contribution in [-0.2, 0) is 16.6 Å². The van der Waals surface area contributed by atoms with Gasteiger partial charge in [0.25, 0.3) is 10.0 Å². The molecule has 0 saturated carbocycles. The number of nitrogens with zero attached hydrogens (tertiary/aromatic N) is 1. The highest BCUT2D eigenvalue weighted by molar-refractivity contribution is 7.91. The van der Waals surface area contributed by atoms with Gasteiger partial charge < -0.3 is 5.73 Å². The second kappa shape index (κ2) is 5.00. The van der Waals surface area contributed by atoms with E-state index in [2.05, 4.69) is 0 Å². The van der Waals surface area contributed by atoms with Gasteiger partial charge in [-0.25, -0.2) is 8.42 Å². The van der Waals surface area contributed by atoms with Crippen LogP contribution in [0.25, 0.3) is 0 Å². The van der Waals surface area contributed by atoms with Crippen LogP contribution in [0, 0.1) is 6.92 Å². The number of sulfonamides is 1. The second-order valence-electron chi connectivity index (χ2n) is 3.99. The van der Waals surface area contributed by atoms with Crippen LogP contribution in [0.5, 0.6) is 0 Å². The van der Waals surface area contributed by atoms with E-state index >= 15 is 0 Å². The lowest BCUT2D eigenvalue weighted by Gasteiger charge is -2.15. The molecule has 4 nitrogen and oxygen atoms in total. The van der Waals surface area contributed by atoms with Gasteiger partial charge in [-0.2, -0.15) is 4.31 Å². The molecule has 0 amide bonds. The molecule has 7 heteroatoms. The number of rotatable bonds is 4. The predicted molar refractivity (Wildman–Crippen MR) is 76.4 cm³/mol. The van der Waals surface area contributed by atoms with E-state index in [0.29, 0.717) is 12.2 Å². The molecule has 0 spiro atoms. The van der Waals surface area contributed by atoms with Gasteiger partial charge in [0.05, 0.1) is 0 Å². The normalized spacial score (nSPS) is 12.2. The number of thiophene rings is 2. The summed E-state index contributed by atoms with van der Waals surface area (Å²) in [6.07, 6.45) is 0. The van der Waals surface area contributed by atoms with Crippen LogP contribution in [0.15, 0.2) is 27.1 Å². The first kappa shape index (κ1) is 13.5. The smallest absolute Gasteiger partial charge is 0.252 e. The fraction of sp³-hybridized carbons (Fsp3) is 0.273. The van der Waals surface area contributed by atoms with Crippen LogP contribution in [0.2, 0.25) is 0 Å². The topological polar surface area (TPSA) is 63.4 Å². The Morgan fingerprint density at radius 1 is 1.39 bits per heavy atom. The molecular formula is C11H14N2O2S3. The largest absolute Gasteiger partial charge is 0.398 e. The predicted octanol–water partition coefficient (Wildman–Crippen LogP) is 2.52. The minimum absolute atomic E-state index is 0.289. The third-order valence-electron chi connectivity index (χ3n) is 2.59. The Kier molecular flexibility index (Phi) is 3.76. The summed E-state index contributed by atoms with van der Waals surface area (Å²) in [7, 11) is -1.84. The summed E-state index contributed by atoms with van der Waals surface area (Å²) in [4.78, 5) is 1.06. The first-order valence-corrected chi connectivity index (χ1v) is 8.44. The van der Waals surface area contributed by atoms with E-state index in [-0.39, 0.29) is 4.21 Å². The van der Waals surface area contributed by atoms with Gasteiger partial charge in [-0.3, -0.25) is 0 Å². The van der Waals surface area contributed by atoms with Crippen molar-refractivity contribution in [1.82, 2.24) is 4.31 Å². The zero-order valence-electron chi connectivity index (χ0n) is 10.1. The van der Waals surface area contributed by atoms with Gasteiger partial charge >= 0.3 is 0 Å². The van der Waals surface area contributed by atoms with Gasteiger partial charge in [-0.1, -0.05) is 0 Å². The monoisotopic (exact) mass is 302 g/mol. The summed E-state index contributed by atoms with van der Waals surface area (Å²) >= 11 is 2.72. The maximum absolute atomic E-state index is 12.3. The lowest BCUT2D eigenvalue weighted by molar-refractivity contribution is 0.471. The Bertz CT molecular complexity index is 643. The first-order chi connectivity index (χ1) is 8.41.